The Morgan fingerprint density at radius 1 is 1.17 bits per heavy atom. The topological polar surface area (TPSA) is 45.6 Å². The monoisotopic (exact) mass is 347 g/mol. The van der Waals surface area contributed by atoms with Crippen molar-refractivity contribution in [1.82, 2.24) is 14.4 Å². The maximum Gasteiger partial charge on any atom is 0.307 e. The summed E-state index contributed by atoms with van der Waals surface area (Å²) in [5.74, 6) is 0.0817. The molecule has 0 aliphatic rings. The number of carbonyl (C=O) groups is 1. The summed E-state index contributed by atoms with van der Waals surface area (Å²) in [5, 5.41) is 1.83. The predicted molar refractivity (Wildman–Crippen MR) is 98.3 cm³/mol. The van der Waals surface area contributed by atoms with Gasteiger partial charge in [0.15, 0.2) is 0 Å². The second kappa shape index (κ2) is 8.80. The molecular weight excluding hydrogens is 322 g/mol. The quantitative estimate of drug-likeness (QED) is 0.735. The molecule has 130 valence electrons. The van der Waals surface area contributed by atoms with Gasteiger partial charge in [-0.3, -0.25) is 9.59 Å². The molecule has 0 aliphatic carbocycles. The van der Waals surface area contributed by atoms with Crippen molar-refractivity contribution in [2.45, 2.75) is 26.4 Å². The number of thiazole rings is 1. The minimum Gasteiger partial charge on any atom is -0.337 e. The van der Waals surface area contributed by atoms with E-state index in [1.165, 1.54) is 11.3 Å². The molecule has 5 nitrogen and oxygen atoms in total. The lowest BCUT2D eigenvalue weighted by Gasteiger charge is -2.25. The number of rotatable bonds is 8. The number of hydrogen-bond acceptors (Lipinski definition) is 4. The number of benzene rings is 1. The van der Waals surface area contributed by atoms with Crippen LogP contribution in [0.1, 0.15) is 17.7 Å². The zero-order chi connectivity index (χ0) is 17.5. The number of aromatic nitrogens is 1. The Bertz CT molecular complexity index is 707. The van der Waals surface area contributed by atoms with E-state index in [2.05, 4.69) is 4.90 Å². The van der Waals surface area contributed by atoms with E-state index in [1.54, 1.807) is 4.57 Å². The van der Waals surface area contributed by atoms with Gasteiger partial charge < -0.3 is 14.4 Å². The fourth-order valence-electron chi connectivity index (χ4n) is 2.46. The number of amides is 1. The summed E-state index contributed by atoms with van der Waals surface area (Å²) in [7, 11) is 4.00. The third-order valence-electron chi connectivity index (χ3n) is 3.91. The van der Waals surface area contributed by atoms with Crippen molar-refractivity contribution in [3.05, 3.63) is 56.6 Å². The normalized spacial score (nSPS) is 11.0. The van der Waals surface area contributed by atoms with Gasteiger partial charge in [0.2, 0.25) is 5.91 Å². The van der Waals surface area contributed by atoms with Gasteiger partial charge >= 0.3 is 4.87 Å². The highest BCUT2D eigenvalue weighted by atomic mass is 32.1. The molecule has 0 saturated heterocycles. The molecule has 24 heavy (non-hydrogen) atoms. The van der Waals surface area contributed by atoms with Crippen LogP contribution in [0.3, 0.4) is 0 Å². The van der Waals surface area contributed by atoms with E-state index in [0.717, 1.165) is 17.8 Å². The van der Waals surface area contributed by atoms with Crippen LogP contribution >= 0.6 is 11.3 Å². The van der Waals surface area contributed by atoms with Crippen molar-refractivity contribution < 1.29 is 4.79 Å². The Morgan fingerprint density at radius 3 is 2.46 bits per heavy atom. The Morgan fingerprint density at radius 2 is 1.88 bits per heavy atom. The molecular formula is C18H25N3O2S. The molecule has 2 aromatic rings. The van der Waals surface area contributed by atoms with E-state index in [4.69, 9.17) is 0 Å². The summed E-state index contributed by atoms with van der Waals surface area (Å²) in [4.78, 5) is 28.4. The van der Waals surface area contributed by atoms with Crippen LogP contribution in [0, 0.1) is 6.92 Å². The first-order valence-corrected chi connectivity index (χ1v) is 8.96. The van der Waals surface area contributed by atoms with Crippen molar-refractivity contribution in [3.63, 3.8) is 0 Å². The fraction of sp³-hybridized carbons (Fsp3) is 0.444. The van der Waals surface area contributed by atoms with E-state index in [9.17, 15) is 9.59 Å². The number of likely N-dealkylation sites (N-methyl/N-ethyl adjacent to an activating group) is 1. The maximum absolute atomic E-state index is 12.7. The lowest BCUT2D eigenvalue weighted by molar-refractivity contribution is -0.132. The smallest absolute Gasteiger partial charge is 0.307 e. The molecule has 0 aliphatic heterocycles. The van der Waals surface area contributed by atoms with Gasteiger partial charge in [-0.1, -0.05) is 41.7 Å². The van der Waals surface area contributed by atoms with Crippen LogP contribution in [-0.4, -0.2) is 47.5 Å². The van der Waals surface area contributed by atoms with Crippen LogP contribution in [0.25, 0.3) is 0 Å². The minimum atomic E-state index is 0.00296. The molecule has 1 aromatic heterocycles. The standard InChI is InChI=1S/C18H25N3O2S/c1-15-14-24-18(23)21(15)10-9-17(22)20(12-11-19(2)3)13-16-7-5-4-6-8-16/h4-8,14H,9-13H2,1-3H3. The van der Waals surface area contributed by atoms with Crippen LogP contribution in [0.15, 0.2) is 40.5 Å². The van der Waals surface area contributed by atoms with Crippen molar-refractivity contribution in [2.24, 2.45) is 0 Å². The molecule has 0 radical (unpaired) electrons. The van der Waals surface area contributed by atoms with Gasteiger partial charge in [-0.2, -0.15) is 0 Å². The van der Waals surface area contributed by atoms with E-state index < -0.39 is 0 Å². The van der Waals surface area contributed by atoms with Crippen molar-refractivity contribution in [2.75, 3.05) is 27.2 Å². The van der Waals surface area contributed by atoms with Crippen LogP contribution < -0.4 is 4.87 Å². The summed E-state index contributed by atoms with van der Waals surface area (Å²) in [6.07, 6.45) is 0.345. The molecule has 0 bridgehead atoms. The summed E-state index contributed by atoms with van der Waals surface area (Å²) in [6.45, 7) is 4.44. The third kappa shape index (κ3) is 5.32. The minimum absolute atomic E-state index is 0.00296. The molecule has 0 saturated carbocycles. The van der Waals surface area contributed by atoms with Crippen LogP contribution in [0.2, 0.25) is 0 Å². The molecule has 0 fully saturated rings. The van der Waals surface area contributed by atoms with Gasteiger partial charge in [-0.05, 0) is 26.6 Å². The van der Waals surface area contributed by atoms with Crippen molar-refractivity contribution in [1.29, 1.82) is 0 Å². The zero-order valence-corrected chi connectivity index (χ0v) is 15.4. The second-order valence-corrected chi connectivity index (χ2v) is 6.97. The van der Waals surface area contributed by atoms with E-state index in [1.807, 2.05) is 61.6 Å². The Balaban J connectivity index is 2.02. The predicted octanol–water partition coefficient (Wildman–Crippen LogP) is 2.20. The van der Waals surface area contributed by atoms with Crippen LogP contribution in [-0.2, 0) is 17.9 Å². The van der Waals surface area contributed by atoms with Gasteiger partial charge in [0.1, 0.15) is 0 Å². The summed E-state index contributed by atoms with van der Waals surface area (Å²) in [6, 6.07) is 10.0. The highest BCUT2D eigenvalue weighted by Crippen LogP contribution is 2.08. The first kappa shape index (κ1) is 18.4. The molecule has 0 unspecified atom stereocenters. The lowest BCUT2D eigenvalue weighted by Crippen LogP contribution is -2.37. The maximum atomic E-state index is 12.7. The number of nitrogens with zero attached hydrogens (tertiary/aromatic N) is 3. The SMILES string of the molecule is Cc1csc(=O)n1CCC(=O)N(CCN(C)C)Cc1ccccc1. The zero-order valence-electron chi connectivity index (χ0n) is 14.6. The van der Waals surface area contributed by atoms with Crippen LogP contribution in [0.4, 0.5) is 0 Å². The lowest BCUT2D eigenvalue weighted by atomic mass is 10.2. The summed E-state index contributed by atoms with van der Waals surface area (Å²) < 4.78 is 1.68. The van der Waals surface area contributed by atoms with Gasteiger partial charge in [0, 0.05) is 43.7 Å². The van der Waals surface area contributed by atoms with E-state index in [-0.39, 0.29) is 10.8 Å². The third-order valence-corrected chi connectivity index (χ3v) is 4.79. The molecule has 1 heterocycles. The molecule has 0 spiro atoms. The highest BCUT2D eigenvalue weighted by molar-refractivity contribution is 7.07. The molecule has 1 amide bonds. The second-order valence-electron chi connectivity index (χ2n) is 6.15. The number of hydrogen-bond donors (Lipinski definition) is 0. The average molecular weight is 347 g/mol. The van der Waals surface area contributed by atoms with Gasteiger partial charge in [0.25, 0.3) is 0 Å². The van der Waals surface area contributed by atoms with Crippen LogP contribution in [0.5, 0.6) is 0 Å². The summed E-state index contributed by atoms with van der Waals surface area (Å²) >= 11 is 1.18. The van der Waals surface area contributed by atoms with Crippen molar-refractivity contribution in [3.8, 4) is 0 Å². The van der Waals surface area contributed by atoms with Crippen molar-refractivity contribution >= 4 is 17.2 Å². The first-order chi connectivity index (χ1) is 11.5. The van der Waals surface area contributed by atoms with Gasteiger partial charge in [-0.15, -0.1) is 0 Å². The molecule has 6 heteroatoms. The molecule has 0 atom stereocenters. The first-order valence-electron chi connectivity index (χ1n) is 8.08. The Kier molecular flexibility index (Phi) is 6.75. The largest absolute Gasteiger partial charge is 0.337 e. The Labute approximate surface area is 147 Å². The highest BCUT2D eigenvalue weighted by Gasteiger charge is 2.15. The van der Waals surface area contributed by atoms with Gasteiger partial charge in [0.05, 0.1) is 0 Å². The van der Waals surface area contributed by atoms with E-state index in [0.29, 0.717) is 26.1 Å². The molecule has 1 aromatic carbocycles. The number of carbonyl (C=O) groups excluding carboxylic acids is 1. The molecule has 0 N–H and O–H groups in total. The van der Waals surface area contributed by atoms with Gasteiger partial charge in [-0.25, -0.2) is 0 Å². The summed E-state index contributed by atoms with van der Waals surface area (Å²) in [5.41, 5.74) is 2.04. The Hall–Kier alpha value is -1.92. The average Bonchev–Trinajstić information content (AvgIpc) is 2.88. The molecule has 2 rings (SSSR count). The van der Waals surface area contributed by atoms with E-state index >= 15 is 0 Å². The number of aryl methyl sites for hydroxylation is 1. The fourth-order valence-corrected chi connectivity index (χ4v) is 3.22.